The highest BCUT2D eigenvalue weighted by atomic mass is 32.2. The monoisotopic (exact) mass is 299 g/mol. The largest absolute Gasteiger partial charge is 0.308 e. The van der Waals surface area contributed by atoms with E-state index < -0.39 is 10.0 Å². The number of thiazole rings is 1. The van der Waals surface area contributed by atoms with Crippen molar-refractivity contribution in [2.24, 2.45) is 5.84 Å². The number of nitrogens with one attached hydrogen (secondary N) is 2. The molecule has 9 heteroatoms. The highest BCUT2D eigenvalue weighted by Gasteiger charge is 2.15. The summed E-state index contributed by atoms with van der Waals surface area (Å²) in [4.78, 5) is 8.14. The molecule has 2 heterocycles. The van der Waals surface area contributed by atoms with Gasteiger partial charge in [0.25, 0.3) is 0 Å². The van der Waals surface area contributed by atoms with Crippen LogP contribution >= 0.6 is 11.3 Å². The van der Waals surface area contributed by atoms with Crippen molar-refractivity contribution >= 4 is 27.2 Å². The number of aromatic nitrogens is 2. The molecule has 0 unspecified atom stereocenters. The Bertz CT molecular complexity index is 668. The molecule has 0 aliphatic rings. The van der Waals surface area contributed by atoms with Crippen LogP contribution in [0.25, 0.3) is 0 Å². The first-order chi connectivity index (χ1) is 9.01. The molecule has 4 N–H and O–H groups in total. The Morgan fingerprint density at radius 3 is 2.89 bits per heavy atom. The first-order valence-electron chi connectivity index (χ1n) is 5.34. The van der Waals surface area contributed by atoms with Crippen molar-refractivity contribution in [2.45, 2.75) is 18.4 Å². The molecular formula is C10H13N5O2S2. The molecule has 7 nitrogen and oxygen atoms in total. The second kappa shape index (κ2) is 5.61. The zero-order valence-corrected chi connectivity index (χ0v) is 11.8. The first kappa shape index (κ1) is 13.9. The van der Waals surface area contributed by atoms with Gasteiger partial charge in [-0.15, -0.1) is 11.3 Å². The van der Waals surface area contributed by atoms with E-state index in [-0.39, 0.29) is 17.3 Å². The molecule has 0 radical (unpaired) electrons. The highest BCUT2D eigenvalue weighted by molar-refractivity contribution is 7.89. The zero-order chi connectivity index (χ0) is 13.9. The van der Waals surface area contributed by atoms with E-state index in [1.54, 1.807) is 0 Å². The Morgan fingerprint density at radius 2 is 2.26 bits per heavy atom. The average molecular weight is 299 g/mol. The van der Waals surface area contributed by atoms with Crippen molar-refractivity contribution in [3.05, 3.63) is 34.4 Å². The normalized spacial score (nSPS) is 11.5. The van der Waals surface area contributed by atoms with Gasteiger partial charge in [-0.3, -0.25) is 0 Å². The predicted octanol–water partition coefficient (Wildman–Crippen LogP) is 0.611. The van der Waals surface area contributed by atoms with Crippen LogP contribution in [-0.4, -0.2) is 18.4 Å². The number of hydrogen-bond donors (Lipinski definition) is 3. The van der Waals surface area contributed by atoms with Crippen LogP contribution in [0.5, 0.6) is 0 Å². The van der Waals surface area contributed by atoms with Gasteiger partial charge in [0.1, 0.15) is 10.8 Å². The maximum absolute atomic E-state index is 12.0. The predicted molar refractivity (Wildman–Crippen MR) is 72.9 cm³/mol. The van der Waals surface area contributed by atoms with E-state index in [4.69, 9.17) is 5.84 Å². The van der Waals surface area contributed by atoms with Gasteiger partial charge < -0.3 is 5.43 Å². The molecule has 0 saturated heterocycles. The number of hydrazine groups is 1. The van der Waals surface area contributed by atoms with Gasteiger partial charge in [-0.05, 0) is 13.0 Å². The minimum absolute atomic E-state index is 0.101. The Labute approximate surface area is 114 Å². The lowest BCUT2D eigenvalue weighted by molar-refractivity contribution is 0.581. The third kappa shape index (κ3) is 3.47. The van der Waals surface area contributed by atoms with Crippen molar-refractivity contribution in [1.82, 2.24) is 14.7 Å². The number of nitrogens with two attached hydrogens (primary N) is 1. The van der Waals surface area contributed by atoms with Gasteiger partial charge in [0.15, 0.2) is 0 Å². The summed E-state index contributed by atoms with van der Waals surface area (Å²) in [5.74, 6) is 5.48. The summed E-state index contributed by atoms with van der Waals surface area (Å²) in [5, 5.41) is 2.58. The molecule has 0 aliphatic carbocycles. The zero-order valence-electron chi connectivity index (χ0n) is 10.1. The topological polar surface area (TPSA) is 110 Å². The fraction of sp³-hybridized carbons (Fsp3) is 0.200. The van der Waals surface area contributed by atoms with Crippen LogP contribution in [0.1, 0.15) is 10.7 Å². The molecule has 102 valence electrons. The van der Waals surface area contributed by atoms with Gasteiger partial charge in [-0.2, -0.15) is 0 Å². The van der Waals surface area contributed by atoms with Crippen LogP contribution in [0.3, 0.4) is 0 Å². The third-order valence-corrected chi connectivity index (χ3v) is 4.64. The lowest BCUT2D eigenvalue weighted by Gasteiger charge is -2.06. The molecule has 2 aromatic rings. The number of pyridine rings is 1. The smallest absolute Gasteiger partial charge is 0.241 e. The second-order valence-electron chi connectivity index (χ2n) is 3.73. The third-order valence-electron chi connectivity index (χ3n) is 2.27. The van der Waals surface area contributed by atoms with Crippen molar-refractivity contribution in [3.63, 3.8) is 0 Å². The van der Waals surface area contributed by atoms with Crippen molar-refractivity contribution in [1.29, 1.82) is 0 Å². The summed E-state index contributed by atoms with van der Waals surface area (Å²) >= 11 is 1.41. The molecular weight excluding hydrogens is 286 g/mol. The fourth-order valence-electron chi connectivity index (χ4n) is 1.38. The van der Waals surface area contributed by atoms with Gasteiger partial charge in [0, 0.05) is 23.3 Å². The number of nitrogen functional groups attached to an aromatic ring is 1. The fourth-order valence-corrected chi connectivity index (χ4v) is 3.18. The van der Waals surface area contributed by atoms with Crippen LogP contribution in [0, 0.1) is 6.92 Å². The molecule has 0 spiro atoms. The first-order valence-corrected chi connectivity index (χ1v) is 7.71. The van der Waals surface area contributed by atoms with E-state index in [1.165, 1.54) is 29.7 Å². The SMILES string of the molecule is Cc1csc(CNS(=O)(=O)c2ccnc(NN)c2)n1. The van der Waals surface area contributed by atoms with Gasteiger partial charge in [0.2, 0.25) is 10.0 Å². The van der Waals surface area contributed by atoms with Crippen LogP contribution in [0.2, 0.25) is 0 Å². The summed E-state index contributed by atoms with van der Waals surface area (Å²) in [7, 11) is -3.60. The van der Waals surface area contributed by atoms with E-state index in [9.17, 15) is 8.42 Å². The lowest BCUT2D eigenvalue weighted by atomic mass is 10.5. The summed E-state index contributed by atoms with van der Waals surface area (Å²) in [5.41, 5.74) is 3.18. The summed E-state index contributed by atoms with van der Waals surface area (Å²) < 4.78 is 26.6. The molecule has 2 rings (SSSR count). The van der Waals surface area contributed by atoms with E-state index >= 15 is 0 Å². The van der Waals surface area contributed by atoms with Gasteiger partial charge in [-0.1, -0.05) is 0 Å². The Kier molecular flexibility index (Phi) is 4.10. The Hall–Kier alpha value is -1.55. The minimum Gasteiger partial charge on any atom is -0.308 e. The summed E-state index contributed by atoms with van der Waals surface area (Å²) in [6, 6.07) is 2.76. The molecule has 0 aromatic carbocycles. The highest BCUT2D eigenvalue weighted by Crippen LogP contribution is 2.13. The van der Waals surface area contributed by atoms with Crippen molar-refractivity contribution in [3.8, 4) is 0 Å². The molecule has 0 atom stereocenters. The molecule has 0 bridgehead atoms. The molecule has 2 aromatic heterocycles. The number of anilines is 1. The molecule has 19 heavy (non-hydrogen) atoms. The molecule has 0 fully saturated rings. The van der Waals surface area contributed by atoms with Crippen molar-refractivity contribution in [2.75, 3.05) is 5.43 Å². The number of nitrogens with zero attached hydrogens (tertiary/aromatic N) is 2. The van der Waals surface area contributed by atoms with E-state index in [0.717, 1.165) is 5.69 Å². The van der Waals surface area contributed by atoms with E-state index in [2.05, 4.69) is 20.1 Å². The van der Waals surface area contributed by atoms with Crippen LogP contribution in [0.4, 0.5) is 5.82 Å². The van der Waals surface area contributed by atoms with Gasteiger partial charge in [-0.25, -0.2) is 29.0 Å². The van der Waals surface area contributed by atoms with Crippen LogP contribution in [0.15, 0.2) is 28.6 Å². The standard InChI is InChI=1S/C10H13N5O2S2/c1-7-6-18-10(14-7)5-13-19(16,17)8-2-3-12-9(4-8)15-11/h2-4,6,13H,5,11H2,1H3,(H,12,15). The number of aryl methyl sites for hydroxylation is 1. The second-order valence-corrected chi connectivity index (χ2v) is 6.44. The van der Waals surface area contributed by atoms with Crippen molar-refractivity contribution < 1.29 is 8.42 Å². The van der Waals surface area contributed by atoms with Gasteiger partial charge in [0.05, 0.1) is 11.4 Å². The van der Waals surface area contributed by atoms with E-state index in [0.29, 0.717) is 5.01 Å². The average Bonchev–Trinajstić information content (AvgIpc) is 2.82. The summed E-state index contributed by atoms with van der Waals surface area (Å²) in [6.45, 7) is 2.02. The maximum Gasteiger partial charge on any atom is 0.241 e. The lowest BCUT2D eigenvalue weighted by Crippen LogP contribution is -2.23. The Balaban J connectivity index is 2.13. The van der Waals surface area contributed by atoms with Gasteiger partial charge >= 0.3 is 0 Å². The minimum atomic E-state index is -3.60. The number of rotatable bonds is 5. The van der Waals surface area contributed by atoms with Crippen LogP contribution < -0.4 is 16.0 Å². The number of hydrogen-bond acceptors (Lipinski definition) is 7. The number of sulfonamides is 1. The molecule has 0 saturated carbocycles. The van der Waals surface area contributed by atoms with Crippen LogP contribution in [-0.2, 0) is 16.6 Å². The van der Waals surface area contributed by atoms with E-state index in [1.807, 2.05) is 12.3 Å². The maximum atomic E-state index is 12.0. The molecule has 0 amide bonds. The quantitative estimate of drug-likeness (QED) is 0.551. The Morgan fingerprint density at radius 1 is 1.47 bits per heavy atom. The summed E-state index contributed by atoms with van der Waals surface area (Å²) in [6.07, 6.45) is 1.37. The molecule has 0 aliphatic heterocycles.